The van der Waals surface area contributed by atoms with E-state index in [2.05, 4.69) is 48.7 Å². The molecular weight excluding hydrogens is 370 g/mol. The second-order valence-corrected chi connectivity index (χ2v) is 7.61. The number of phenols is 2. The second kappa shape index (κ2) is 8.27. The summed E-state index contributed by atoms with van der Waals surface area (Å²) in [5.41, 5.74) is 5.87. The van der Waals surface area contributed by atoms with Gasteiger partial charge in [0.2, 0.25) is 4.80 Å². The van der Waals surface area contributed by atoms with Crippen molar-refractivity contribution in [1.82, 2.24) is 4.68 Å². The Morgan fingerprint density at radius 2 is 1.93 bits per heavy atom. The van der Waals surface area contributed by atoms with Crippen LogP contribution >= 0.6 is 11.3 Å². The first-order chi connectivity index (χ1) is 13.3. The number of rotatable bonds is 5. The number of phenolic OH excluding ortho intramolecular Hbond substituents is 2. The Hall–Kier alpha value is -3.12. The van der Waals surface area contributed by atoms with Gasteiger partial charge in [-0.25, -0.2) is 4.68 Å². The molecule has 0 aliphatic rings. The molecule has 0 atom stereocenters. The quantitative estimate of drug-likeness (QED) is 0.491. The van der Waals surface area contributed by atoms with E-state index in [-0.39, 0.29) is 11.5 Å². The van der Waals surface area contributed by atoms with Crippen LogP contribution in [-0.4, -0.2) is 27.6 Å². The highest BCUT2D eigenvalue weighted by atomic mass is 32.1. The van der Waals surface area contributed by atoms with E-state index < -0.39 is 0 Å². The van der Waals surface area contributed by atoms with Gasteiger partial charge in [0, 0.05) is 22.6 Å². The zero-order valence-corrected chi connectivity index (χ0v) is 17.0. The van der Waals surface area contributed by atoms with Crippen LogP contribution in [0.2, 0.25) is 0 Å². The molecule has 0 bridgehead atoms. The van der Waals surface area contributed by atoms with Crippen LogP contribution in [0.25, 0.3) is 11.3 Å². The molecule has 5 nitrogen and oxygen atoms in total. The van der Waals surface area contributed by atoms with E-state index in [4.69, 9.17) is 0 Å². The van der Waals surface area contributed by atoms with Crippen molar-refractivity contribution >= 4 is 17.6 Å². The van der Waals surface area contributed by atoms with Gasteiger partial charge in [-0.2, -0.15) is 5.10 Å². The predicted octanol–water partition coefficient (Wildman–Crippen LogP) is 4.60. The van der Waals surface area contributed by atoms with Crippen LogP contribution in [-0.2, 0) is 0 Å². The number of aromatic hydroxyl groups is 2. The van der Waals surface area contributed by atoms with Crippen molar-refractivity contribution in [2.45, 2.75) is 20.8 Å². The number of aryl methyl sites for hydroxylation is 2. The van der Waals surface area contributed by atoms with Crippen molar-refractivity contribution in [3.63, 3.8) is 0 Å². The van der Waals surface area contributed by atoms with Crippen LogP contribution in [0.3, 0.4) is 0 Å². The molecule has 0 unspecified atom stereocenters. The largest absolute Gasteiger partial charge is 0.508 e. The van der Waals surface area contributed by atoms with Crippen LogP contribution in [0.1, 0.15) is 23.6 Å². The molecule has 3 rings (SSSR count). The van der Waals surface area contributed by atoms with Gasteiger partial charge in [0.1, 0.15) is 11.5 Å². The van der Waals surface area contributed by atoms with Crippen molar-refractivity contribution in [3.8, 4) is 22.8 Å². The molecule has 0 saturated heterocycles. The molecule has 3 aromatic rings. The predicted molar refractivity (Wildman–Crippen MR) is 115 cm³/mol. The maximum atomic E-state index is 10.0. The maximum Gasteiger partial charge on any atom is 0.206 e. The number of nitrogens with zero attached hydrogens (tertiary/aromatic N) is 3. The highest BCUT2D eigenvalue weighted by Crippen LogP contribution is 2.24. The molecule has 0 amide bonds. The fourth-order valence-corrected chi connectivity index (χ4v) is 3.42. The van der Waals surface area contributed by atoms with Crippen molar-refractivity contribution in [1.29, 1.82) is 0 Å². The molecule has 1 aromatic heterocycles. The first-order valence-electron chi connectivity index (χ1n) is 8.84. The maximum absolute atomic E-state index is 10.0. The summed E-state index contributed by atoms with van der Waals surface area (Å²) in [5, 5.41) is 26.1. The summed E-state index contributed by atoms with van der Waals surface area (Å²) >= 11 is 1.50. The third-order valence-corrected chi connectivity index (χ3v) is 5.15. The molecule has 0 radical (unpaired) electrons. The van der Waals surface area contributed by atoms with E-state index in [0.717, 1.165) is 21.6 Å². The average Bonchev–Trinajstić information content (AvgIpc) is 3.04. The van der Waals surface area contributed by atoms with E-state index >= 15 is 0 Å². The normalized spacial score (nSPS) is 12.0. The fourth-order valence-electron chi connectivity index (χ4n) is 2.58. The molecule has 1 heterocycles. The van der Waals surface area contributed by atoms with Gasteiger partial charge in [0.05, 0.1) is 18.5 Å². The third kappa shape index (κ3) is 4.40. The highest BCUT2D eigenvalue weighted by Gasteiger charge is 2.09. The number of hydrogen-bond acceptors (Lipinski definition) is 5. The lowest BCUT2D eigenvalue weighted by molar-refractivity contribution is 0.450. The summed E-state index contributed by atoms with van der Waals surface area (Å²) in [4.78, 5) is 5.35. The van der Waals surface area contributed by atoms with E-state index in [1.165, 1.54) is 34.6 Å². The van der Waals surface area contributed by atoms with Crippen molar-refractivity contribution in [3.05, 3.63) is 75.4 Å². The van der Waals surface area contributed by atoms with Gasteiger partial charge < -0.3 is 10.2 Å². The van der Waals surface area contributed by atoms with Crippen LogP contribution in [0.15, 0.2) is 64.0 Å². The number of hydrogen-bond donors (Lipinski definition) is 2. The minimum absolute atomic E-state index is 0.00537. The summed E-state index contributed by atoms with van der Waals surface area (Å²) in [5.74, 6) is -0.0291. The Balaban J connectivity index is 2.11. The Morgan fingerprint density at radius 1 is 1.14 bits per heavy atom. The summed E-state index contributed by atoms with van der Waals surface area (Å²) in [6.45, 7) is 10.5. The fraction of sp³-hybridized carbons (Fsp3) is 0.182. The van der Waals surface area contributed by atoms with Crippen LogP contribution < -0.4 is 4.80 Å². The molecule has 0 aliphatic heterocycles. The zero-order valence-electron chi connectivity index (χ0n) is 16.2. The number of aromatic nitrogens is 1. The highest BCUT2D eigenvalue weighted by molar-refractivity contribution is 7.07. The van der Waals surface area contributed by atoms with Crippen LogP contribution in [0.5, 0.6) is 11.5 Å². The monoisotopic (exact) mass is 393 g/mol. The first kappa shape index (κ1) is 19.6. The van der Waals surface area contributed by atoms with E-state index in [1.807, 2.05) is 12.3 Å². The molecule has 2 N–H and O–H groups in total. The number of benzene rings is 2. The van der Waals surface area contributed by atoms with Gasteiger partial charge >= 0.3 is 0 Å². The molecule has 144 valence electrons. The van der Waals surface area contributed by atoms with Crippen LogP contribution in [0.4, 0.5) is 0 Å². The van der Waals surface area contributed by atoms with E-state index in [9.17, 15) is 10.2 Å². The van der Waals surface area contributed by atoms with Gasteiger partial charge in [-0.05, 0) is 50.1 Å². The van der Waals surface area contributed by atoms with Crippen LogP contribution in [0, 0.1) is 13.8 Å². The van der Waals surface area contributed by atoms with Gasteiger partial charge in [-0.3, -0.25) is 4.99 Å². The van der Waals surface area contributed by atoms with Gasteiger partial charge in [-0.1, -0.05) is 24.3 Å². The third-order valence-electron chi connectivity index (χ3n) is 4.30. The van der Waals surface area contributed by atoms with Gasteiger partial charge in [0.25, 0.3) is 0 Å². The molecule has 0 spiro atoms. The molecule has 6 heteroatoms. The first-order valence-corrected chi connectivity index (χ1v) is 9.72. The summed E-state index contributed by atoms with van der Waals surface area (Å²) in [7, 11) is 0. The Bertz CT molecular complexity index is 1120. The minimum atomic E-state index is -0.0345. The van der Waals surface area contributed by atoms with Crippen molar-refractivity contribution in [2.24, 2.45) is 10.1 Å². The van der Waals surface area contributed by atoms with Crippen molar-refractivity contribution < 1.29 is 10.2 Å². The molecule has 0 saturated carbocycles. The summed E-state index contributed by atoms with van der Waals surface area (Å²) in [6.07, 6.45) is 1.56. The molecule has 0 fully saturated rings. The Morgan fingerprint density at radius 3 is 2.61 bits per heavy atom. The summed E-state index contributed by atoms with van der Waals surface area (Å²) in [6, 6.07) is 10.7. The minimum Gasteiger partial charge on any atom is -0.508 e. The van der Waals surface area contributed by atoms with E-state index in [0.29, 0.717) is 12.1 Å². The van der Waals surface area contributed by atoms with Gasteiger partial charge in [0.15, 0.2) is 0 Å². The molecule has 28 heavy (non-hydrogen) atoms. The lowest BCUT2D eigenvalue weighted by Crippen LogP contribution is -2.13. The van der Waals surface area contributed by atoms with Gasteiger partial charge in [-0.15, -0.1) is 11.3 Å². The van der Waals surface area contributed by atoms with Crippen molar-refractivity contribution in [2.75, 3.05) is 6.54 Å². The van der Waals surface area contributed by atoms with E-state index in [1.54, 1.807) is 17.0 Å². The summed E-state index contributed by atoms with van der Waals surface area (Å²) < 4.78 is 1.77. The molecule has 0 aliphatic carbocycles. The Labute approximate surface area is 168 Å². The number of thiazole rings is 1. The SMILES string of the molecule is C=C(C)CN=c1scc(-c2ccc(C)c(C)c2)n1N=Cc1ccc(O)cc1O. The Kier molecular flexibility index (Phi) is 5.80. The lowest BCUT2D eigenvalue weighted by Gasteiger charge is -2.07. The smallest absolute Gasteiger partial charge is 0.206 e. The standard InChI is InChI=1S/C22H23N3O2S/c1-14(2)11-23-22-25(24-12-18-7-8-19(26)10-21(18)27)20(13-28-22)17-6-5-15(3)16(4)9-17/h5-10,12-13,26-27H,1,11H2,2-4H3. The lowest BCUT2D eigenvalue weighted by atomic mass is 10.1. The topological polar surface area (TPSA) is 70.1 Å². The zero-order chi connectivity index (χ0) is 20.3. The molecular formula is C22H23N3O2S. The average molecular weight is 394 g/mol. The molecule has 2 aromatic carbocycles. The second-order valence-electron chi connectivity index (χ2n) is 6.78.